The first-order valence-corrected chi connectivity index (χ1v) is 5.80. The van der Waals surface area contributed by atoms with Gasteiger partial charge in [-0.2, -0.15) is 11.8 Å². The zero-order valence-corrected chi connectivity index (χ0v) is 9.49. The van der Waals surface area contributed by atoms with E-state index in [0.717, 1.165) is 6.08 Å². The average Bonchev–Trinajstić information content (AvgIpc) is 2.20. The maximum absolute atomic E-state index is 11.1. The molecule has 0 saturated carbocycles. The number of carbonyl (C=O) groups excluding carboxylic acids is 1. The van der Waals surface area contributed by atoms with Crippen LogP contribution in [-0.2, 0) is 14.4 Å². The summed E-state index contributed by atoms with van der Waals surface area (Å²) in [5.41, 5.74) is 0. The largest absolute Gasteiger partial charge is 0.480 e. The van der Waals surface area contributed by atoms with Crippen LogP contribution < -0.4 is 5.32 Å². The highest BCUT2D eigenvalue weighted by Crippen LogP contribution is 2.00. The van der Waals surface area contributed by atoms with Crippen molar-refractivity contribution < 1.29 is 24.6 Å². The third-order valence-electron chi connectivity index (χ3n) is 1.60. The maximum Gasteiger partial charge on any atom is 0.328 e. The molecule has 0 fully saturated rings. The first-order valence-electron chi connectivity index (χ1n) is 4.40. The molecule has 0 aliphatic rings. The third-order valence-corrected chi connectivity index (χ3v) is 2.25. The Hall–Kier alpha value is -1.50. The Morgan fingerprint density at radius 1 is 1.31 bits per heavy atom. The van der Waals surface area contributed by atoms with Crippen molar-refractivity contribution in [3.05, 3.63) is 12.2 Å². The Kier molecular flexibility index (Phi) is 7.02. The summed E-state index contributed by atoms with van der Waals surface area (Å²) >= 11 is 1.47. The fourth-order valence-electron chi connectivity index (χ4n) is 0.860. The fraction of sp³-hybridized carbons (Fsp3) is 0.444. The van der Waals surface area contributed by atoms with Gasteiger partial charge in [0.05, 0.1) is 0 Å². The number of carbonyl (C=O) groups is 3. The standard InChI is InChI=1S/C9H13NO5S/c1-16-5-4-6(9(14)15)10-7(11)2-3-8(12)13/h2-3,6H,4-5H2,1H3,(H,10,11)(H,12,13)(H,14,15)/b3-2-/t6-/m1/s1. The van der Waals surface area contributed by atoms with Crippen molar-refractivity contribution in [3.63, 3.8) is 0 Å². The minimum absolute atomic E-state index is 0.295. The van der Waals surface area contributed by atoms with Crippen LogP contribution >= 0.6 is 11.8 Å². The Morgan fingerprint density at radius 2 is 1.94 bits per heavy atom. The van der Waals surface area contributed by atoms with E-state index in [9.17, 15) is 14.4 Å². The maximum atomic E-state index is 11.1. The Labute approximate surface area is 96.7 Å². The lowest BCUT2D eigenvalue weighted by Gasteiger charge is -2.11. The highest BCUT2D eigenvalue weighted by atomic mass is 32.2. The summed E-state index contributed by atoms with van der Waals surface area (Å²) < 4.78 is 0. The van der Waals surface area contributed by atoms with Gasteiger partial charge in [0.2, 0.25) is 5.91 Å². The summed E-state index contributed by atoms with van der Waals surface area (Å²) in [5.74, 6) is -2.52. The summed E-state index contributed by atoms with van der Waals surface area (Å²) in [5, 5.41) is 19.2. The van der Waals surface area contributed by atoms with E-state index < -0.39 is 23.9 Å². The predicted molar refractivity (Wildman–Crippen MR) is 59.3 cm³/mol. The van der Waals surface area contributed by atoms with E-state index in [4.69, 9.17) is 10.2 Å². The SMILES string of the molecule is CSCC[C@@H](NC(=O)/C=C\C(=O)O)C(=O)O. The van der Waals surface area contributed by atoms with Crippen molar-refractivity contribution in [3.8, 4) is 0 Å². The molecule has 3 N–H and O–H groups in total. The fourth-order valence-corrected chi connectivity index (χ4v) is 1.33. The molecule has 16 heavy (non-hydrogen) atoms. The summed E-state index contributed by atoms with van der Waals surface area (Å²) in [6, 6.07) is -0.988. The zero-order valence-electron chi connectivity index (χ0n) is 8.67. The lowest BCUT2D eigenvalue weighted by atomic mass is 10.2. The summed E-state index contributed by atoms with van der Waals surface area (Å²) in [4.78, 5) is 31.9. The van der Waals surface area contributed by atoms with Gasteiger partial charge in [0.25, 0.3) is 0 Å². The molecule has 6 nitrogen and oxygen atoms in total. The summed E-state index contributed by atoms with van der Waals surface area (Å²) in [6.07, 6.45) is 3.56. The number of thioether (sulfide) groups is 1. The van der Waals surface area contributed by atoms with Crippen molar-refractivity contribution in [1.82, 2.24) is 5.32 Å². The second-order valence-electron chi connectivity index (χ2n) is 2.85. The highest BCUT2D eigenvalue weighted by Gasteiger charge is 2.17. The van der Waals surface area contributed by atoms with Gasteiger partial charge in [-0.25, -0.2) is 9.59 Å². The van der Waals surface area contributed by atoms with E-state index in [2.05, 4.69) is 5.32 Å². The molecule has 0 aliphatic heterocycles. The summed E-state index contributed by atoms with van der Waals surface area (Å²) in [6.45, 7) is 0. The number of hydrogen-bond acceptors (Lipinski definition) is 4. The number of hydrogen-bond donors (Lipinski definition) is 3. The number of amides is 1. The number of carboxylic acid groups (broad SMARTS) is 2. The Bertz CT molecular complexity index is 302. The highest BCUT2D eigenvalue weighted by molar-refractivity contribution is 7.98. The van der Waals surface area contributed by atoms with Crippen LogP contribution in [0.5, 0.6) is 0 Å². The van der Waals surface area contributed by atoms with Crippen molar-refractivity contribution in [1.29, 1.82) is 0 Å². The molecule has 0 unspecified atom stereocenters. The van der Waals surface area contributed by atoms with Gasteiger partial charge >= 0.3 is 11.9 Å². The van der Waals surface area contributed by atoms with Gasteiger partial charge in [0.15, 0.2) is 0 Å². The van der Waals surface area contributed by atoms with Crippen molar-refractivity contribution in [2.75, 3.05) is 12.0 Å². The van der Waals surface area contributed by atoms with Gasteiger partial charge in [0, 0.05) is 12.2 Å². The number of aliphatic carboxylic acids is 2. The van der Waals surface area contributed by atoms with Gasteiger partial charge in [-0.15, -0.1) is 0 Å². The van der Waals surface area contributed by atoms with Crippen LogP contribution in [0.25, 0.3) is 0 Å². The van der Waals surface area contributed by atoms with Crippen LogP contribution in [-0.4, -0.2) is 46.1 Å². The molecule has 0 rings (SSSR count). The topological polar surface area (TPSA) is 104 Å². The van der Waals surface area contributed by atoms with Gasteiger partial charge in [-0.05, 0) is 18.4 Å². The van der Waals surface area contributed by atoms with Crippen LogP contribution in [0, 0.1) is 0 Å². The lowest BCUT2D eigenvalue weighted by Crippen LogP contribution is -2.40. The molecule has 1 atom stereocenters. The molecule has 0 radical (unpaired) electrons. The average molecular weight is 247 g/mol. The minimum atomic E-state index is -1.26. The van der Waals surface area contributed by atoms with E-state index in [1.807, 2.05) is 6.26 Å². The molecular weight excluding hydrogens is 234 g/mol. The van der Waals surface area contributed by atoms with Crippen LogP contribution in [0.1, 0.15) is 6.42 Å². The van der Waals surface area contributed by atoms with Crippen LogP contribution in [0.15, 0.2) is 12.2 Å². The molecule has 0 aromatic carbocycles. The third kappa shape index (κ3) is 6.88. The second-order valence-corrected chi connectivity index (χ2v) is 3.84. The molecule has 0 bridgehead atoms. The molecule has 7 heteroatoms. The smallest absolute Gasteiger partial charge is 0.328 e. The van der Waals surface area contributed by atoms with Gasteiger partial charge < -0.3 is 15.5 Å². The number of carboxylic acids is 2. The quantitative estimate of drug-likeness (QED) is 0.545. The van der Waals surface area contributed by atoms with E-state index >= 15 is 0 Å². The first kappa shape index (κ1) is 14.5. The predicted octanol–water partition coefficient (Wildman–Crippen LogP) is -0.0503. The minimum Gasteiger partial charge on any atom is -0.480 e. The van der Waals surface area contributed by atoms with Crippen LogP contribution in [0.3, 0.4) is 0 Å². The normalized spacial score (nSPS) is 12.3. The van der Waals surface area contributed by atoms with Crippen LogP contribution in [0.2, 0.25) is 0 Å². The molecule has 0 saturated heterocycles. The number of nitrogens with one attached hydrogen (secondary N) is 1. The van der Waals surface area contributed by atoms with Crippen LogP contribution in [0.4, 0.5) is 0 Å². The van der Waals surface area contributed by atoms with Crippen molar-refractivity contribution >= 4 is 29.6 Å². The monoisotopic (exact) mass is 247 g/mol. The van der Waals surface area contributed by atoms with Gasteiger partial charge in [-0.1, -0.05) is 0 Å². The van der Waals surface area contributed by atoms with E-state index in [0.29, 0.717) is 18.2 Å². The molecular formula is C9H13NO5S. The molecule has 0 heterocycles. The van der Waals surface area contributed by atoms with Gasteiger partial charge in [0.1, 0.15) is 6.04 Å². The zero-order chi connectivity index (χ0) is 12.6. The van der Waals surface area contributed by atoms with Crippen molar-refractivity contribution in [2.24, 2.45) is 0 Å². The molecule has 0 aromatic heterocycles. The molecule has 0 spiro atoms. The summed E-state index contributed by atoms with van der Waals surface area (Å²) in [7, 11) is 0. The molecule has 1 amide bonds. The van der Waals surface area contributed by atoms with Gasteiger partial charge in [-0.3, -0.25) is 4.79 Å². The molecule has 0 aromatic rings. The second kappa shape index (κ2) is 7.75. The number of rotatable bonds is 7. The van der Waals surface area contributed by atoms with Crippen molar-refractivity contribution in [2.45, 2.75) is 12.5 Å². The Morgan fingerprint density at radius 3 is 2.38 bits per heavy atom. The van der Waals surface area contributed by atoms with E-state index in [1.165, 1.54) is 11.8 Å². The van der Waals surface area contributed by atoms with E-state index in [-0.39, 0.29) is 0 Å². The first-order chi connectivity index (χ1) is 7.47. The lowest BCUT2D eigenvalue weighted by molar-refractivity contribution is -0.141. The Balaban J connectivity index is 4.23. The molecule has 0 aliphatic carbocycles. The van der Waals surface area contributed by atoms with E-state index in [1.54, 1.807) is 0 Å². The molecule has 90 valence electrons.